The highest BCUT2D eigenvalue weighted by Crippen LogP contribution is 1.96. The van der Waals surface area contributed by atoms with Crippen LogP contribution in [0.1, 0.15) is 34.1 Å². The zero-order chi connectivity index (χ0) is 10.1. The topological polar surface area (TPSA) is 24.4 Å². The SMILES string of the molecule is C/C=C(\CC)CNCN=CC(C)C. The molecular weight excluding hydrogens is 160 g/mol. The van der Waals surface area contributed by atoms with Gasteiger partial charge in [0.1, 0.15) is 0 Å². The van der Waals surface area contributed by atoms with E-state index in [0.717, 1.165) is 19.6 Å². The molecule has 0 bridgehead atoms. The van der Waals surface area contributed by atoms with Gasteiger partial charge in [-0.15, -0.1) is 0 Å². The van der Waals surface area contributed by atoms with Crippen LogP contribution < -0.4 is 5.32 Å². The number of nitrogens with one attached hydrogen (secondary N) is 1. The Morgan fingerprint density at radius 3 is 2.62 bits per heavy atom. The van der Waals surface area contributed by atoms with Crippen LogP contribution in [0.2, 0.25) is 0 Å². The van der Waals surface area contributed by atoms with Gasteiger partial charge in [-0.1, -0.05) is 32.4 Å². The minimum absolute atomic E-state index is 0.550. The minimum atomic E-state index is 0.550. The summed E-state index contributed by atoms with van der Waals surface area (Å²) >= 11 is 0. The van der Waals surface area contributed by atoms with Gasteiger partial charge < -0.3 is 0 Å². The Morgan fingerprint density at radius 2 is 2.15 bits per heavy atom. The molecule has 0 aliphatic carbocycles. The van der Waals surface area contributed by atoms with Crippen molar-refractivity contribution in [1.82, 2.24) is 5.32 Å². The van der Waals surface area contributed by atoms with E-state index in [4.69, 9.17) is 0 Å². The van der Waals surface area contributed by atoms with Crippen molar-refractivity contribution >= 4 is 6.21 Å². The first-order chi connectivity index (χ1) is 6.20. The van der Waals surface area contributed by atoms with Crippen LogP contribution in [0.3, 0.4) is 0 Å². The molecule has 0 heterocycles. The molecule has 0 aromatic heterocycles. The van der Waals surface area contributed by atoms with Crippen molar-refractivity contribution in [3.63, 3.8) is 0 Å². The van der Waals surface area contributed by atoms with Crippen LogP contribution in [0.4, 0.5) is 0 Å². The van der Waals surface area contributed by atoms with E-state index in [9.17, 15) is 0 Å². The molecule has 0 fully saturated rings. The van der Waals surface area contributed by atoms with Crippen molar-refractivity contribution < 1.29 is 0 Å². The van der Waals surface area contributed by atoms with Gasteiger partial charge in [0.2, 0.25) is 0 Å². The average molecular weight is 182 g/mol. The summed E-state index contributed by atoms with van der Waals surface area (Å²) in [5.74, 6) is 0.550. The molecule has 0 unspecified atom stereocenters. The lowest BCUT2D eigenvalue weighted by Crippen LogP contribution is -2.17. The molecule has 0 saturated heterocycles. The Morgan fingerprint density at radius 1 is 1.46 bits per heavy atom. The summed E-state index contributed by atoms with van der Waals surface area (Å²) in [5.41, 5.74) is 1.44. The third-order valence-corrected chi connectivity index (χ3v) is 1.82. The molecule has 76 valence electrons. The summed E-state index contributed by atoms with van der Waals surface area (Å²) in [6.07, 6.45) is 5.27. The Hall–Kier alpha value is -0.630. The summed E-state index contributed by atoms with van der Waals surface area (Å²) in [7, 11) is 0. The van der Waals surface area contributed by atoms with Gasteiger partial charge in [0.25, 0.3) is 0 Å². The second-order valence-electron chi connectivity index (χ2n) is 3.46. The van der Waals surface area contributed by atoms with Crippen LogP contribution in [0.25, 0.3) is 0 Å². The summed E-state index contributed by atoms with van der Waals surface area (Å²) < 4.78 is 0. The van der Waals surface area contributed by atoms with E-state index < -0.39 is 0 Å². The maximum absolute atomic E-state index is 4.25. The number of allylic oxidation sites excluding steroid dienone is 1. The molecule has 13 heavy (non-hydrogen) atoms. The molecule has 0 rings (SSSR count). The van der Waals surface area contributed by atoms with E-state index >= 15 is 0 Å². The standard InChI is InChI=1S/C11H22N2/c1-5-11(6-2)8-13-9-12-7-10(3)4/h5,7,10,13H,6,8-9H2,1-4H3/b11-5+,12-7?. The first-order valence-electron chi connectivity index (χ1n) is 5.05. The maximum Gasteiger partial charge on any atom is 0.0883 e. The second kappa shape index (κ2) is 7.99. The molecule has 0 spiro atoms. The lowest BCUT2D eigenvalue weighted by molar-refractivity contribution is 0.736. The highest BCUT2D eigenvalue weighted by molar-refractivity contribution is 5.59. The molecule has 0 aliphatic rings. The van der Waals surface area contributed by atoms with Crippen molar-refractivity contribution in [2.45, 2.75) is 34.1 Å². The summed E-state index contributed by atoms with van der Waals surface area (Å²) in [6.45, 7) is 10.2. The van der Waals surface area contributed by atoms with Crippen LogP contribution in [-0.2, 0) is 0 Å². The molecule has 0 atom stereocenters. The lowest BCUT2D eigenvalue weighted by Gasteiger charge is -2.03. The fourth-order valence-corrected chi connectivity index (χ4v) is 0.976. The number of hydrogen-bond donors (Lipinski definition) is 1. The van der Waals surface area contributed by atoms with E-state index in [1.54, 1.807) is 0 Å². The molecule has 2 nitrogen and oxygen atoms in total. The summed E-state index contributed by atoms with van der Waals surface area (Å²) in [5, 5.41) is 3.28. The molecule has 0 aromatic rings. The van der Waals surface area contributed by atoms with Gasteiger partial charge in [-0.2, -0.15) is 0 Å². The fraction of sp³-hybridized carbons (Fsp3) is 0.727. The van der Waals surface area contributed by atoms with Gasteiger partial charge in [-0.25, -0.2) is 0 Å². The Bertz CT molecular complexity index is 169. The fourth-order valence-electron chi connectivity index (χ4n) is 0.976. The van der Waals surface area contributed by atoms with Crippen LogP contribution in [0.15, 0.2) is 16.6 Å². The molecular formula is C11H22N2. The summed E-state index contributed by atoms with van der Waals surface area (Å²) in [4.78, 5) is 4.25. The van der Waals surface area contributed by atoms with Crippen LogP contribution in [0.5, 0.6) is 0 Å². The van der Waals surface area contributed by atoms with Gasteiger partial charge in [0.15, 0.2) is 0 Å². The average Bonchev–Trinajstić information content (AvgIpc) is 2.11. The van der Waals surface area contributed by atoms with E-state index in [0.29, 0.717) is 5.92 Å². The van der Waals surface area contributed by atoms with Crippen molar-refractivity contribution in [3.05, 3.63) is 11.6 Å². The maximum atomic E-state index is 4.25. The molecule has 0 amide bonds. The summed E-state index contributed by atoms with van der Waals surface area (Å²) in [6, 6.07) is 0. The molecule has 2 heteroatoms. The number of rotatable bonds is 6. The zero-order valence-corrected chi connectivity index (χ0v) is 9.30. The molecule has 0 aliphatic heterocycles. The molecule has 0 radical (unpaired) electrons. The second-order valence-corrected chi connectivity index (χ2v) is 3.46. The molecule has 0 saturated carbocycles. The zero-order valence-electron chi connectivity index (χ0n) is 9.30. The van der Waals surface area contributed by atoms with Crippen LogP contribution in [0, 0.1) is 5.92 Å². The predicted octanol–water partition coefficient (Wildman–Crippen LogP) is 2.62. The van der Waals surface area contributed by atoms with E-state index in [1.807, 2.05) is 6.21 Å². The molecule has 0 aromatic carbocycles. The van der Waals surface area contributed by atoms with Gasteiger partial charge in [0.05, 0.1) is 6.67 Å². The normalized spacial score (nSPS) is 13.2. The Balaban J connectivity index is 3.45. The van der Waals surface area contributed by atoms with Crippen molar-refractivity contribution in [2.75, 3.05) is 13.2 Å². The first-order valence-corrected chi connectivity index (χ1v) is 5.05. The smallest absolute Gasteiger partial charge is 0.0883 e. The molecule has 1 N–H and O–H groups in total. The number of aliphatic imine (C=N–C) groups is 1. The third-order valence-electron chi connectivity index (χ3n) is 1.82. The predicted molar refractivity (Wildman–Crippen MR) is 60.2 cm³/mol. The van der Waals surface area contributed by atoms with Crippen LogP contribution in [-0.4, -0.2) is 19.4 Å². The largest absolute Gasteiger partial charge is 0.295 e. The van der Waals surface area contributed by atoms with Crippen molar-refractivity contribution in [2.24, 2.45) is 10.9 Å². The van der Waals surface area contributed by atoms with Crippen molar-refractivity contribution in [3.8, 4) is 0 Å². The van der Waals surface area contributed by atoms with Crippen LogP contribution >= 0.6 is 0 Å². The Labute approximate surface area is 82.1 Å². The number of hydrogen-bond acceptors (Lipinski definition) is 2. The van der Waals surface area contributed by atoms with E-state index in [2.05, 4.69) is 44.1 Å². The lowest BCUT2D eigenvalue weighted by atomic mass is 10.2. The highest BCUT2D eigenvalue weighted by atomic mass is 15.0. The minimum Gasteiger partial charge on any atom is -0.295 e. The van der Waals surface area contributed by atoms with Gasteiger partial charge >= 0.3 is 0 Å². The first kappa shape index (κ1) is 12.4. The van der Waals surface area contributed by atoms with Gasteiger partial charge in [0, 0.05) is 12.8 Å². The van der Waals surface area contributed by atoms with E-state index in [-0.39, 0.29) is 0 Å². The van der Waals surface area contributed by atoms with Crippen molar-refractivity contribution in [1.29, 1.82) is 0 Å². The van der Waals surface area contributed by atoms with Gasteiger partial charge in [-0.3, -0.25) is 10.3 Å². The quantitative estimate of drug-likeness (QED) is 0.381. The highest BCUT2D eigenvalue weighted by Gasteiger charge is 1.90. The number of nitrogens with zero attached hydrogens (tertiary/aromatic N) is 1. The van der Waals surface area contributed by atoms with Gasteiger partial charge in [-0.05, 0) is 19.3 Å². The Kier molecular flexibility index (Phi) is 7.60. The monoisotopic (exact) mass is 182 g/mol. The van der Waals surface area contributed by atoms with E-state index in [1.165, 1.54) is 5.57 Å². The third kappa shape index (κ3) is 7.72.